The van der Waals surface area contributed by atoms with Crippen LogP contribution in [-0.2, 0) is 0 Å². The van der Waals surface area contributed by atoms with E-state index >= 15 is 0 Å². The fourth-order valence-corrected chi connectivity index (χ4v) is 1.08. The molecule has 1 rings (SSSR count). The van der Waals surface area contributed by atoms with Gasteiger partial charge in [-0.05, 0) is 19.3 Å². The summed E-state index contributed by atoms with van der Waals surface area (Å²) in [4.78, 5) is 4.14. The first kappa shape index (κ1) is 6.79. The monoisotopic (exact) mass is 124 g/mol. The summed E-state index contributed by atoms with van der Waals surface area (Å²) in [6.07, 6.45) is 10.8. The van der Waals surface area contributed by atoms with Gasteiger partial charge in [-0.3, -0.25) is 4.99 Å². The highest BCUT2D eigenvalue weighted by atomic mass is 14.7. The summed E-state index contributed by atoms with van der Waals surface area (Å²) in [6.45, 7) is 1.01. The van der Waals surface area contributed by atoms with Crippen molar-refractivity contribution in [2.24, 2.45) is 4.99 Å². The first-order valence-corrected chi connectivity index (χ1v) is 3.89. The molecule has 0 saturated heterocycles. The van der Waals surface area contributed by atoms with Crippen LogP contribution < -0.4 is 0 Å². The maximum absolute atomic E-state index is 4.14. The minimum Gasteiger partial charge on any atom is -0.288 e. The summed E-state index contributed by atoms with van der Waals surface area (Å²) in [5.41, 5.74) is 0. The molecule has 0 aromatic heterocycles. The van der Waals surface area contributed by atoms with Crippen LogP contribution in [-0.4, -0.2) is 12.8 Å². The average molecular weight is 124 g/mol. The van der Waals surface area contributed by atoms with Gasteiger partial charge < -0.3 is 0 Å². The van der Waals surface area contributed by atoms with Crippen LogP contribution in [0.4, 0.5) is 0 Å². The third kappa shape index (κ3) is 3.28. The largest absolute Gasteiger partial charge is 0.288 e. The Kier molecular flexibility index (Phi) is 3.42. The van der Waals surface area contributed by atoms with E-state index < -0.39 is 0 Å². The fraction of sp³-hybridized carbons (Fsp3) is 0.875. The second kappa shape index (κ2) is 4.54. The van der Waals surface area contributed by atoms with E-state index in [-0.39, 0.29) is 0 Å². The molecule has 1 aliphatic heterocycles. The molecule has 0 amide bonds. The highest BCUT2D eigenvalue weighted by molar-refractivity contribution is 5.56. The first-order chi connectivity index (χ1) is 4.50. The second-order valence-corrected chi connectivity index (χ2v) is 2.56. The van der Waals surface area contributed by atoms with E-state index in [1.54, 1.807) is 0 Å². The standard InChI is InChI=1S/C8H14N/c1-2-4-6-8-9-7-5-3-1/h1-7H2. The zero-order valence-corrected chi connectivity index (χ0v) is 5.90. The van der Waals surface area contributed by atoms with Crippen molar-refractivity contribution in [3.05, 3.63) is 0 Å². The van der Waals surface area contributed by atoms with E-state index in [0.29, 0.717) is 0 Å². The van der Waals surface area contributed by atoms with Crippen molar-refractivity contribution in [1.29, 1.82) is 0 Å². The molecule has 1 aliphatic rings. The van der Waals surface area contributed by atoms with Crippen molar-refractivity contribution in [3.8, 4) is 0 Å². The highest BCUT2D eigenvalue weighted by Gasteiger charge is 1.91. The Hall–Kier alpha value is -0.330. The van der Waals surface area contributed by atoms with Crippen LogP contribution in [0.25, 0.3) is 0 Å². The van der Waals surface area contributed by atoms with Gasteiger partial charge in [0.1, 0.15) is 0 Å². The molecular weight excluding hydrogens is 110 g/mol. The minimum atomic E-state index is 1.01. The molecule has 1 radical (unpaired) electrons. The van der Waals surface area contributed by atoms with E-state index in [1.165, 1.54) is 32.1 Å². The van der Waals surface area contributed by atoms with Crippen LogP contribution in [0.1, 0.15) is 38.5 Å². The quantitative estimate of drug-likeness (QED) is 0.470. The van der Waals surface area contributed by atoms with Gasteiger partial charge in [0.15, 0.2) is 0 Å². The van der Waals surface area contributed by atoms with Crippen LogP contribution in [0.2, 0.25) is 0 Å². The molecule has 0 unspecified atom stereocenters. The van der Waals surface area contributed by atoms with E-state index in [0.717, 1.165) is 13.0 Å². The molecule has 1 heteroatoms. The Balaban J connectivity index is 2.15. The molecule has 1 nitrogen and oxygen atoms in total. The van der Waals surface area contributed by atoms with Gasteiger partial charge >= 0.3 is 0 Å². The van der Waals surface area contributed by atoms with E-state index in [2.05, 4.69) is 11.2 Å². The van der Waals surface area contributed by atoms with Gasteiger partial charge in [0.25, 0.3) is 0 Å². The number of rotatable bonds is 0. The molecule has 0 fully saturated rings. The summed E-state index contributed by atoms with van der Waals surface area (Å²) >= 11 is 0. The van der Waals surface area contributed by atoms with Gasteiger partial charge in [-0.15, -0.1) is 0 Å². The van der Waals surface area contributed by atoms with Crippen LogP contribution in [0.15, 0.2) is 4.99 Å². The van der Waals surface area contributed by atoms with Crippen molar-refractivity contribution in [2.45, 2.75) is 38.5 Å². The van der Waals surface area contributed by atoms with Crippen molar-refractivity contribution < 1.29 is 0 Å². The average Bonchev–Trinajstić information content (AvgIpc) is 2.00. The van der Waals surface area contributed by atoms with Gasteiger partial charge in [0, 0.05) is 6.54 Å². The molecule has 0 spiro atoms. The zero-order chi connectivity index (χ0) is 6.36. The third-order valence-corrected chi connectivity index (χ3v) is 1.67. The van der Waals surface area contributed by atoms with Crippen LogP contribution >= 0.6 is 0 Å². The lowest BCUT2D eigenvalue weighted by Crippen LogP contribution is -1.79. The molecule has 0 aromatic rings. The molecule has 0 aromatic carbocycles. The topological polar surface area (TPSA) is 12.4 Å². The summed E-state index contributed by atoms with van der Waals surface area (Å²) in [6, 6.07) is 0. The van der Waals surface area contributed by atoms with Crippen molar-refractivity contribution in [1.82, 2.24) is 0 Å². The molecule has 0 saturated carbocycles. The Morgan fingerprint density at radius 3 is 2.67 bits per heavy atom. The summed E-state index contributed by atoms with van der Waals surface area (Å²) < 4.78 is 0. The van der Waals surface area contributed by atoms with Crippen LogP contribution in [0, 0.1) is 0 Å². The Morgan fingerprint density at radius 2 is 1.67 bits per heavy atom. The number of hydrogen-bond donors (Lipinski definition) is 0. The second-order valence-electron chi connectivity index (χ2n) is 2.56. The normalized spacial score (nSPS) is 25.8. The van der Waals surface area contributed by atoms with Gasteiger partial charge in [-0.1, -0.05) is 19.3 Å². The Bertz CT molecular complexity index is 76.6. The van der Waals surface area contributed by atoms with E-state index in [1.807, 2.05) is 0 Å². The smallest absolute Gasteiger partial charge is 0.0558 e. The Morgan fingerprint density at radius 1 is 0.889 bits per heavy atom. The number of hydrogen-bond acceptors (Lipinski definition) is 1. The first-order valence-electron chi connectivity index (χ1n) is 3.89. The SMILES string of the molecule is [C]1=N\CCCCCCC/1. The molecule has 51 valence electrons. The lowest BCUT2D eigenvalue weighted by atomic mass is 10.1. The summed E-state index contributed by atoms with van der Waals surface area (Å²) in [7, 11) is 0. The Labute approximate surface area is 57.2 Å². The van der Waals surface area contributed by atoms with Crippen molar-refractivity contribution >= 4 is 6.21 Å². The van der Waals surface area contributed by atoms with Gasteiger partial charge in [-0.2, -0.15) is 0 Å². The van der Waals surface area contributed by atoms with Crippen molar-refractivity contribution in [3.63, 3.8) is 0 Å². The van der Waals surface area contributed by atoms with Gasteiger partial charge in [0.05, 0.1) is 6.21 Å². The minimum absolute atomic E-state index is 1.01. The van der Waals surface area contributed by atoms with Crippen LogP contribution in [0.5, 0.6) is 0 Å². The number of nitrogens with zero attached hydrogens (tertiary/aromatic N) is 1. The van der Waals surface area contributed by atoms with E-state index in [9.17, 15) is 0 Å². The predicted octanol–water partition coefficient (Wildman–Crippen LogP) is 2.29. The van der Waals surface area contributed by atoms with Gasteiger partial charge in [0.2, 0.25) is 0 Å². The molecule has 0 atom stereocenters. The molecular formula is C8H14N. The lowest BCUT2D eigenvalue weighted by Gasteiger charge is -1.93. The molecule has 0 bridgehead atoms. The van der Waals surface area contributed by atoms with Crippen molar-refractivity contribution in [2.75, 3.05) is 6.54 Å². The van der Waals surface area contributed by atoms with Gasteiger partial charge in [-0.25, -0.2) is 0 Å². The lowest BCUT2D eigenvalue weighted by molar-refractivity contribution is 0.639. The highest BCUT2D eigenvalue weighted by Crippen LogP contribution is 2.06. The van der Waals surface area contributed by atoms with Crippen LogP contribution in [0.3, 0.4) is 0 Å². The third-order valence-electron chi connectivity index (χ3n) is 1.67. The van der Waals surface area contributed by atoms with E-state index in [4.69, 9.17) is 0 Å². The maximum atomic E-state index is 4.14. The molecule has 9 heavy (non-hydrogen) atoms. The zero-order valence-electron chi connectivity index (χ0n) is 5.90. The predicted molar refractivity (Wildman–Crippen MR) is 40.0 cm³/mol. The number of aliphatic imine (C=N–C) groups is 1. The summed E-state index contributed by atoms with van der Waals surface area (Å²) in [5.74, 6) is 0. The fourth-order valence-electron chi connectivity index (χ4n) is 1.08. The molecule has 0 aliphatic carbocycles. The summed E-state index contributed by atoms with van der Waals surface area (Å²) in [5, 5.41) is 0. The molecule has 1 heterocycles. The maximum Gasteiger partial charge on any atom is 0.0558 e. The molecule has 0 N–H and O–H groups in total.